The first-order valence-electron chi connectivity index (χ1n) is 6.32. The Morgan fingerprint density at radius 1 is 1.39 bits per heavy atom. The molecule has 0 aromatic rings. The van der Waals surface area contributed by atoms with Crippen molar-refractivity contribution < 1.29 is 14.7 Å². The normalized spacial score (nSPS) is 25.4. The Morgan fingerprint density at radius 2 is 2.00 bits per heavy atom. The van der Waals surface area contributed by atoms with E-state index in [1.165, 1.54) is 0 Å². The number of nitrogens with two attached hydrogens (primary N) is 1. The third kappa shape index (κ3) is 4.86. The minimum Gasteiger partial charge on any atom is -0.480 e. The average molecular weight is 274 g/mol. The van der Waals surface area contributed by atoms with E-state index >= 15 is 0 Å². The summed E-state index contributed by atoms with van der Waals surface area (Å²) in [7, 11) is 0. The lowest BCUT2D eigenvalue weighted by Crippen LogP contribution is -2.45. The fourth-order valence-electron chi connectivity index (χ4n) is 2.16. The largest absolute Gasteiger partial charge is 0.480 e. The maximum Gasteiger partial charge on any atom is 0.326 e. The van der Waals surface area contributed by atoms with Crippen LogP contribution in [0.1, 0.15) is 32.1 Å². The Morgan fingerprint density at radius 3 is 2.50 bits per heavy atom. The van der Waals surface area contributed by atoms with Gasteiger partial charge in [0.05, 0.1) is 0 Å². The molecule has 0 heterocycles. The van der Waals surface area contributed by atoms with Crippen molar-refractivity contribution in [1.82, 2.24) is 5.32 Å². The van der Waals surface area contributed by atoms with Crippen LogP contribution in [-0.2, 0) is 9.59 Å². The topological polar surface area (TPSA) is 92.4 Å². The number of hydrogen-bond donors (Lipinski definition) is 3. The molecule has 1 amide bonds. The number of carboxylic acids is 1. The van der Waals surface area contributed by atoms with Crippen molar-refractivity contribution in [1.29, 1.82) is 0 Å². The van der Waals surface area contributed by atoms with Crippen molar-refractivity contribution in [2.24, 2.45) is 11.7 Å². The van der Waals surface area contributed by atoms with Crippen molar-refractivity contribution in [2.75, 3.05) is 12.0 Å². The predicted octanol–water partition coefficient (Wildman–Crippen LogP) is 0.826. The van der Waals surface area contributed by atoms with E-state index in [-0.39, 0.29) is 17.9 Å². The number of nitrogens with one attached hydrogen (secondary N) is 1. The van der Waals surface area contributed by atoms with Crippen LogP contribution in [0.3, 0.4) is 0 Å². The number of thioether (sulfide) groups is 1. The monoisotopic (exact) mass is 274 g/mol. The van der Waals surface area contributed by atoms with Crippen molar-refractivity contribution in [2.45, 2.75) is 44.2 Å². The van der Waals surface area contributed by atoms with Gasteiger partial charge in [0.25, 0.3) is 0 Å². The summed E-state index contributed by atoms with van der Waals surface area (Å²) >= 11 is 1.58. The van der Waals surface area contributed by atoms with E-state index in [1.807, 2.05) is 6.26 Å². The molecule has 1 aliphatic rings. The highest BCUT2D eigenvalue weighted by molar-refractivity contribution is 7.98. The summed E-state index contributed by atoms with van der Waals surface area (Å²) in [6, 6.07) is -0.568. The molecule has 0 aliphatic heterocycles. The summed E-state index contributed by atoms with van der Waals surface area (Å²) in [5.74, 6) is -0.423. The van der Waals surface area contributed by atoms with E-state index in [1.54, 1.807) is 11.8 Å². The number of carboxylic acid groups (broad SMARTS) is 1. The molecule has 4 N–H and O–H groups in total. The molecule has 0 radical (unpaired) electrons. The van der Waals surface area contributed by atoms with Crippen molar-refractivity contribution in [3.05, 3.63) is 0 Å². The van der Waals surface area contributed by atoms with E-state index in [0.717, 1.165) is 31.4 Å². The second-order valence-corrected chi connectivity index (χ2v) is 5.78. The van der Waals surface area contributed by atoms with E-state index < -0.39 is 12.0 Å². The molecule has 1 aliphatic carbocycles. The van der Waals surface area contributed by atoms with E-state index in [0.29, 0.717) is 6.42 Å². The highest BCUT2D eigenvalue weighted by atomic mass is 32.2. The van der Waals surface area contributed by atoms with Gasteiger partial charge in [-0.3, -0.25) is 4.79 Å². The summed E-state index contributed by atoms with van der Waals surface area (Å²) in [4.78, 5) is 23.0. The molecule has 5 nitrogen and oxygen atoms in total. The Balaban J connectivity index is 2.42. The van der Waals surface area contributed by atoms with Gasteiger partial charge >= 0.3 is 5.97 Å². The van der Waals surface area contributed by atoms with Crippen molar-refractivity contribution >= 4 is 23.6 Å². The quantitative estimate of drug-likeness (QED) is 0.667. The summed E-state index contributed by atoms with van der Waals surface area (Å²) < 4.78 is 0. The van der Waals surface area contributed by atoms with E-state index in [4.69, 9.17) is 10.8 Å². The first kappa shape index (κ1) is 15.3. The number of hydrogen-bond acceptors (Lipinski definition) is 4. The number of rotatable bonds is 6. The van der Waals surface area contributed by atoms with Gasteiger partial charge in [-0.1, -0.05) is 0 Å². The minimum absolute atomic E-state index is 0.0686. The number of aliphatic carboxylic acids is 1. The molecule has 1 saturated carbocycles. The molecular weight excluding hydrogens is 252 g/mol. The fraction of sp³-hybridized carbons (Fsp3) is 0.833. The van der Waals surface area contributed by atoms with Gasteiger partial charge in [-0.05, 0) is 44.1 Å². The second kappa shape index (κ2) is 7.63. The summed E-state index contributed by atoms with van der Waals surface area (Å²) in [6.07, 6.45) is 5.61. The van der Waals surface area contributed by atoms with Gasteiger partial charge < -0.3 is 16.2 Å². The first-order chi connectivity index (χ1) is 8.54. The van der Waals surface area contributed by atoms with E-state index in [9.17, 15) is 9.59 Å². The van der Waals surface area contributed by atoms with Crippen LogP contribution in [0.15, 0.2) is 0 Å². The summed E-state index contributed by atoms with van der Waals surface area (Å²) in [5, 5.41) is 11.7. The van der Waals surface area contributed by atoms with Gasteiger partial charge in [0.1, 0.15) is 6.04 Å². The van der Waals surface area contributed by atoms with Crippen molar-refractivity contribution in [3.8, 4) is 0 Å². The molecule has 1 fully saturated rings. The van der Waals surface area contributed by atoms with Gasteiger partial charge in [-0.15, -0.1) is 0 Å². The molecule has 18 heavy (non-hydrogen) atoms. The third-order valence-electron chi connectivity index (χ3n) is 3.37. The van der Waals surface area contributed by atoms with Gasteiger partial charge in [0.2, 0.25) is 5.91 Å². The van der Waals surface area contributed by atoms with Crippen LogP contribution >= 0.6 is 11.8 Å². The predicted molar refractivity (Wildman–Crippen MR) is 72.5 cm³/mol. The zero-order valence-electron chi connectivity index (χ0n) is 10.7. The summed E-state index contributed by atoms with van der Waals surface area (Å²) in [6.45, 7) is 0. The number of carbonyl (C=O) groups excluding carboxylic acids is 1. The fourth-order valence-corrected chi connectivity index (χ4v) is 2.64. The third-order valence-corrected chi connectivity index (χ3v) is 4.01. The molecule has 0 saturated heterocycles. The lowest BCUT2D eigenvalue weighted by atomic mass is 9.86. The standard InChI is InChI=1S/C12H22N2O3S/c1-18-7-6-10(12(16)17)14-11(15)8-2-4-9(13)5-3-8/h8-10H,2-7,13H2,1H3,(H,14,15)(H,16,17)/t8?,9?,10-/m0/s1. The zero-order valence-corrected chi connectivity index (χ0v) is 11.5. The van der Waals surface area contributed by atoms with Crippen LogP contribution in [-0.4, -0.2) is 41.1 Å². The molecule has 6 heteroatoms. The Hall–Kier alpha value is -0.750. The van der Waals surface area contributed by atoms with Crippen molar-refractivity contribution in [3.63, 3.8) is 0 Å². The van der Waals surface area contributed by atoms with Crippen LogP contribution in [0.2, 0.25) is 0 Å². The van der Waals surface area contributed by atoms with Crippen LogP contribution in [0, 0.1) is 5.92 Å². The highest BCUT2D eigenvalue weighted by Gasteiger charge is 2.27. The molecule has 0 unspecified atom stereocenters. The van der Waals surface area contributed by atoms with Crippen LogP contribution in [0.5, 0.6) is 0 Å². The molecule has 0 aromatic heterocycles. The van der Waals surface area contributed by atoms with E-state index in [2.05, 4.69) is 5.32 Å². The Bertz CT molecular complexity index is 291. The zero-order chi connectivity index (χ0) is 13.5. The molecular formula is C12H22N2O3S. The van der Waals surface area contributed by atoms with Crippen LogP contribution in [0.25, 0.3) is 0 Å². The molecule has 0 aromatic carbocycles. The van der Waals surface area contributed by atoms with Crippen LogP contribution in [0.4, 0.5) is 0 Å². The first-order valence-corrected chi connectivity index (χ1v) is 7.71. The molecule has 0 spiro atoms. The van der Waals surface area contributed by atoms with Crippen LogP contribution < -0.4 is 11.1 Å². The minimum atomic E-state index is -0.954. The SMILES string of the molecule is CSCC[C@H](NC(=O)C1CCC(N)CC1)C(=O)O. The van der Waals surface area contributed by atoms with Gasteiger partial charge in [0, 0.05) is 12.0 Å². The maximum absolute atomic E-state index is 12.0. The average Bonchev–Trinajstić information content (AvgIpc) is 2.34. The molecule has 1 rings (SSSR count). The second-order valence-electron chi connectivity index (χ2n) is 4.79. The summed E-state index contributed by atoms with van der Waals surface area (Å²) in [5.41, 5.74) is 5.78. The maximum atomic E-state index is 12.0. The smallest absolute Gasteiger partial charge is 0.326 e. The van der Waals surface area contributed by atoms with Gasteiger partial charge in [-0.2, -0.15) is 11.8 Å². The highest BCUT2D eigenvalue weighted by Crippen LogP contribution is 2.23. The number of carbonyl (C=O) groups is 2. The molecule has 104 valence electrons. The van der Waals surface area contributed by atoms with Gasteiger partial charge in [-0.25, -0.2) is 4.79 Å². The lowest BCUT2D eigenvalue weighted by Gasteiger charge is -2.26. The Kier molecular flexibility index (Phi) is 6.49. The lowest BCUT2D eigenvalue weighted by molar-refractivity contribution is -0.142. The number of amides is 1. The Labute approximate surface area is 112 Å². The molecule has 1 atom stereocenters. The molecule has 0 bridgehead atoms. The van der Waals surface area contributed by atoms with Gasteiger partial charge in [0.15, 0.2) is 0 Å².